The van der Waals surface area contributed by atoms with E-state index in [2.05, 4.69) is 9.97 Å². The van der Waals surface area contributed by atoms with Gasteiger partial charge in [0, 0.05) is 22.7 Å². The molecule has 2 aromatic heterocycles. The molecule has 1 saturated heterocycles. The van der Waals surface area contributed by atoms with Crippen molar-refractivity contribution < 1.29 is 14.0 Å². The van der Waals surface area contributed by atoms with Crippen LogP contribution in [0, 0.1) is 6.92 Å². The van der Waals surface area contributed by atoms with E-state index >= 15 is 0 Å². The zero-order valence-electron chi connectivity index (χ0n) is 15.5. The van der Waals surface area contributed by atoms with Crippen LogP contribution >= 0.6 is 11.3 Å². The van der Waals surface area contributed by atoms with Crippen LogP contribution in [0.2, 0.25) is 0 Å². The van der Waals surface area contributed by atoms with Gasteiger partial charge in [-0.2, -0.15) is 0 Å². The summed E-state index contributed by atoms with van der Waals surface area (Å²) < 4.78 is 18.1. The summed E-state index contributed by atoms with van der Waals surface area (Å²) in [5.41, 5.74) is 5.95. The minimum Gasteiger partial charge on any atom is -0.480 e. The molecule has 3 rings (SSSR count). The molecule has 2 aromatic rings. The van der Waals surface area contributed by atoms with Crippen molar-refractivity contribution >= 4 is 29.7 Å². The van der Waals surface area contributed by atoms with Crippen molar-refractivity contribution in [2.24, 2.45) is 0 Å². The van der Waals surface area contributed by atoms with Crippen molar-refractivity contribution in [2.75, 3.05) is 5.73 Å². The molecule has 0 bridgehead atoms. The monoisotopic (exact) mass is 361 g/mol. The van der Waals surface area contributed by atoms with E-state index < -0.39 is 18.3 Å². The SMILES string of the molecule is Cc1cnc([C@@H](C)Oc2cc(B3OC(C)(C)C(C)(C)O3)cnc2N)s1. The normalized spacial score (nSPS) is 19.8. The molecule has 25 heavy (non-hydrogen) atoms. The summed E-state index contributed by atoms with van der Waals surface area (Å²) in [6.45, 7) is 12.0. The Morgan fingerprint density at radius 2 is 1.80 bits per heavy atom. The molecule has 1 atom stereocenters. The van der Waals surface area contributed by atoms with E-state index in [1.54, 1.807) is 17.5 Å². The van der Waals surface area contributed by atoms with E-state index in [9.17, 15) is 0 Å². The van der Waals surface area contributed by atoms with Crippen molar-refractivity contribution in [3.63, 3.8) is 0 Å². The molecule has 0 aliphatic carbocycles. The molecule has 0 unspecified atom stereocenters. The minimum absolute atomic E-state index is 0.212. The van der Waals surface area contributed by atoms with E-state index in [1.165, 1.54) is 0 Å². The average molecular weight is 361 g/mol. The number of pyridine rings is 1. The number of rotatable bonds is 4. The number of aromatic nitrogens is 2. The molecule has 6 nitrogen and oxygen atoms in total. The lowest BCUT2D eigenvalue weighted by molar-refractivity contribution is 0.00578. The van der Waals surface area contributed by atoms with Gasteiger partial charge in [0.1, 0.15) is 11.1 Å². The van der Waals surface area contributed by atoms with Crippen molar-refractivity contribution in [1.82, 2.24) is 9.97 Å². The average Bonchev–Trinajstić information content (AvgIpc) is 3.03. The maximum atomic E-state index is 6.07. The smallest absolute Gasteiger partial charge is 0.480 e. The maximum absolute atomic E-state index is 6.07. The molecule has 0 aromatic carbocycles. The third-order valence-electron chi connectivity index (χ3n) is 4.72. The molecule has 0 saturated carbocycles. The Balaban J connectivity index is 1.82. The number of nitrogens with zero attached hydrogens (tertiary/aromatic N) is 2. The van der Waals surface area contributed by atoms with Gasteiger partial charge in [-0.05, 0) is 47.6 Å². The van der Waals surface area contributed by atoms with Crippen LogP contribution in [0.15, 0.2) is 18.5 Å². The predicted molar refractivity (Wildman–Crippen MR) is 100 cm³/mol. The summed E-state index contributed by atoms with van der Waals surface area (Å²) >= 11 is 1.60. The van der Waals surface area contributed by atoms with Crippen LogP contribution in [-0.4, -0.2) is 28.3 Å². The van der Waals surface area contributed by atoms with Crippen molar-refractivity contribution in [3.05, 3.63) is 28.3 Å². The minimum atomic E-state index is -0.502. The molecule has 1 aliphatic rings. The summed E-state index contributed by atoms with van der Waals surface area (Å²) in [4.78, 5) is 9.75. The molecule has 0 amide bonds. The van der Waals surface area contributed by atoms with Crippen molar-refractivity contribution in [3.8, 4) is 5.75 Å². The summed E-state index contributed by atoms with van der Waals surface area (Å²) in [5.74, 6) is 0.841. The molecule has 8 heteroatoms. The Morgan fingerprint density at radius 3 is 2.36 bits per heavy atom. The molecular weight excluding hydrogens is 337 g/mol. The van der Waals surface area contributed by atoms with Crippen LogP contribution in [0.4, 0.5) is 5.82 Å². The second kappa shape index (κ2) is 6.27. The lowest BCUT2D eigenvalue weighted by Gasteiger charge is -2.32. The van der Waals surface area contributed by atoms with Gasteiger partial charge in [0.2, 0.25) is 0 Å². The second-order valence-electron chi connectivity index (χ2n) is 7.31. The van der Waals surface area contributed by atoms with E-state index in [4.69, 9.17) is 19.8 Å². The molecule has 1 aliphatic heterocycles. The van der Waals surface area contributed by atoms with Crippen LogP contribution in [0.3, 0.4) is 0 Å². The van der Waals surface area contributed by atoms with Crippen LogP contribution in [0.5, 0.6) is 5.75 Å². The first-order valence-electron chi connectivity index (χ1n) is 8.29. The number of anilines is 1. The third kappa shape index (κ3) is 3.52. The quantitative estimate of drug-likeness (QED) is 0.844. The standard InChI is InChI=1S/C17H24BN3O3S/c1-10-8-21-15(25-10)11(2)22-13-7-12(9-20-14(13)19)18-23-16(3,4)17(5,6)24-18/h7-9,11H,1-6H3,(H2,19,20)/t11-/m1/s1. The Kier molecular flexibility index (Phi) is 4.55. The molecule has 3 heterocycles. The first-order chi connectivity index (χ1) is 11.6. The molecule has 0 radical (unpaired) electrons. The summed E-state index contributed by atoms with van der Waals surface area (Å²) in [5, 5.41) is 0.901. The fourth-order valence-electron chi connectivity index (χ4n) is 2.47. The zero-order chi connectivity index (χ0) is 18.4. The highest BCUT2D eigenvalue weighted by Crippen LogP contribution is 2.37. The topological polar surface area (TPSA) is 79.5 Å². The molecular formula is C17H24BN3O3S. The van der Waals surface area contributed by atoms with E-state index in [-0.39, 0.29) is 6.10 Å². The number of nitrogen functional groups attached to an aromatic ring is 1. The van der Waals surface area contributed by atoms with E-state index in [1.807, 2.05) is 53.8 Å². The van der Waals surface area contributed by atoms with Gasteiger partial charge in [0.25, 0.3) is 0 Å². The summed E-state index contributed by atoms with van der Waals surface area (Å²) in [7, 11) is -0.502. The Morgan fingerprint density at radius 1 is 1.16 bits per heavy atom. The van der Waals surface area contributed by atoms with Gasteiger partial charge in [-0.25, -0.2) is 9.97 Å². The predicted octanol–water partition coefficient (Wildman–Crippen LogP) is 2.87. The first-order valence-corrected chi connectivity index (χ1v) is 9.11. The number of nitrogens with two attached hydrogens (primary N) is 1. The number of hydrogen-bond acceptors (Lipinski definition) is 7. The third-order valence-corrected chi connectivity index (χ3v) is 5.79. The maximum Gasteiger partial charge on any atom is 0.496 e. The zero-order valence-corrected chi connectivity index (χ0v) is 16.3. The van der Waals surface area contributed by atoms with Crippen LogP contribution in [0.25, 0.3) is 0 Å². The molecule has 0 spiro atoms. The van der Waals surface area contributed by atoms with Gasteiger partial charge in [0.15, 0.2) is 11.6 Å². The van der Waals surface area contributed by atoms with Crippen molar-refractivity contribution in [1.29, 1.82) is 0 Å². The number of ether oxygens (including phenoxy) is 1. The van der Waals surface area contributed by atoms with Crippen molar-refractivity contribution in [2.45, 2.75) is 58.8 Å². The van der Waals surface area contributed by atoms with Gasteiger partial charge in [-0.15, -0.1) is 11.3 Å². The van der Waals surface area contributed by atoms with Crippen LogP contribution in [0.1, 0.15) is 50.6 Å². The molecule has 1 fully saturated rings. The fraction of sp³-hybridized carbons (Fsp3) is 0.529. The van der Waals surface area contributed by atoms with E-state index in [0.29, 0.717) is 11.6 Å². The van der Waals surface area contributed by atoms with Gasteiger partial charge < -0.3 is 19.8 Å². The lowest BCUT2D eigenvalue weighted by atomic mass is 9.80. The fourth-order valence-corrected chi connectivity index (χ4v) is 3.23. The first kappa shape index (κ1) is 18.2. The lowest BCUT2D eigenvalue weighted by Crippen LogP contribution is -2.41. The highest BCUT2D eigenvalue weighted by Gasteiger charge is 2.52. The number of thiazole rings is 1. The summed E-state index contributed by atoms with van der Waals surface area (Å²) in [6.07, 6.45) is 3.29. The van der Waals surface area contributed by atoms with Crippen LogP contribution < -0.4 is 15.9 Å². The highest BCUT2D eigenvalue weighted by atomic mass is 32.1. The summed E-state index contributed by atoms with van der Waals surface area (Å²) in [6, 6.07) is 1.83. The Labute approximate surface area is 152 Å². The van der Waals surface area contributed by atoms with E-state index in [0.717, 1.165) is 15.3 Å². The van der Waals surface area contributed by atoms with Gasteiger partial charge in [-0.1, -0.05) is 0 Å². The van der Waals surface area contributed by atoms with Gasteiger partial charge >= 0.3 is 7.12 Å². The number of aryl methyl sites for hydroxylation is 1. The molecule has 134 valence electrons. The van der Waals surface area contributed by atoms with Crippen LogP contribution in [-0.2, 0) is 9.31 Å². The van der Waals surface area contributed by atoms with Gasteiger partial charge in [0.05, 0.1) is 11.2 Å². The Hall–Kier alpha value is -1.64. The largest absolute Gasteiger partial charge is 0.496 e. The Bertz CT molecular complexity index is 762. The highest BCUT2D eigenvalue weighted by molar-refractivity contribution is 7.11. The molecule has 2 N–H and O–H groups in total. The second-order valence-corrected chi connectivity index (χ2v) is 8.58. The van der Waals surface area contributed by atoms with Gasteiger partial charge in [-0.3, -0.25) is 0 Å². The number of hydrogen-bond donors (Lipinski definition) is 1.